The predicted molar refractivity (Wildman–Crippen MR) is 78.5 cm³/mol. The van der Waals surface area contributed by atoms with Crippen LogP contribution < -0.4 is 0 Å². The van der Waals surface area contributed by atoms with Crippen molar-refractivity contribution in [3.63, 3.8) is 0 Å². The lowest BCUT2D eigenvalue weighted by atomic mass is 10.1. The van der Waals surface area contributed by atoms with Crippen molar-refractivity contribution in [2.45, 2.75) is 6.54 Å². The normalized spacial score (nSPS) is 10.8. The van der Waals surface area contributed by atoms with Crippen molar-refractivity contribution in [3.05, 3.63) is 70.5 Å². The van der Waals surface area contributed by atoms with Crippen LogP contribution >= 0.6 is 11.6 Å². The van der Waals surface area contributed by atoms with E-state index in [1.165, 1.54) is 12.1 Å². The number of carbonyl (C=O) groups is 1. The SMILES string of the molecule is CN(CC(=O)c1ccccc1F)Cc1cccc(Cl)c1. The van der Waals surface area contributed by atoms with Gasteiger partial charge in [-0.25, -0.2) is 4.39 Å². The van der Waals surface area contributed by atoms with Gasteiger partial charge in [-0.15, -0.1) is 0 Å². The summed E-state index contributed by atoms with van der Waals surface area (Å²) in [4.78, 5) is 13.9. The van der Waals surface area contributed by atoms with Gasteiger partial charge >= 0.3 is 0 Å². The average molecular weight is 292 g/mol. The first-order valence-corrected chi connectivity index (χ1v) is 6.65. The van der Waals surface area contributed by atoms with Gasteiger partial charge in [0, 0.05) is 11.6 Å². The number of halogens is 2. The molecule has 0 N–H and O–H groups in total. The first kappa shape index (κ1) is 14.7. The fourth-order valence-corrected chi connectivity index (χ4v) is 2.23. The number of Topliss-reactive ketones (excluding diaryl/α,β-unsaturated/α-hetero) is 1. The zero-order valence-electron chi connectivity index (χ0n) is 11.1. The summed E-state index contributed by atoms with van der Waals surface area (Å²) in [7, 11) is 1.82. The third kappa shape index (κ3) is 3.89. The van der Waals surface area contributed by atoms with Gasteiger partial charge in [-0.05, 0) is 36.9 Å². The van der Waals surface area contributed by atoms with Crippen molar-refractivity contribution >= 4 is 17.4 Å². The maximum atomic E-state index is 13.5. The molecule has 0 heterocycles. The molecule has 0 saturated heterocycles. The van der Waals surface area contributed by atoms with Gasteiger partial charge in [0.2, 0.25) is 0 Å². The van der Waals surface area contributed by atoms with E-state index in [0.29, 0.717) is 11.6 Å². The quantitative estimate of drug-likeness (QED) is 0.781. The summed E-state index contributed by atoms with van der Waals surface area (Å²) in [6, 6.07) is 13.5. The Kier molecular flexibility index (Phi) is 4.88. The number of likely N-dealkylation sites (N-methyl/N-ethyl adjacent to an activating group) is 1. The smallest absolute Gasteiger partial charge is 0.179 e. The van der Waals surface area contributed by atoms with Crippen LogP contribution in [-0.4, -0.2) is 24.3 Å². The molecule has 0 unspecified atom stereocenters. The summed E-state index contributed by atoms with van der Waals surface area (Å²) in [6.45, 7) is 0.744. The van der Waals surface area contributed by atoms with Gasteiger partial charge in [-0.3, -0.25) is 9.69 Å². The Balaban J connectivity index is 2.00. The van der Waals surface area contributed by atoms with E-state index in [0.717, 1.165) is 5.56 Å². The van der Waals surface area contributed by atoms with Crippen LogP contribution in [0.3, 0.4) is 0 Å². The maximum absolute atomic E-state index is 13.5. The molecule has 0 aliphatic carbocycles. The second-order valence-corrected chi connectivity index (χ2v) is 5.14. The van der Waals surface area contributed by atoms with Crippen LogP contribution in [0.5, 0.6) is 0 Å². The summed E-state index contributed by atoms with van der Waals surface area (Å²) in [5.74, 6) is -0.707. The average Bonchev–Trinajstić information content (AvgIpc) is 2.38. The van der Waals surface area contributed by atoms with Gasteiger partial charge < -0.3 is 0 Å². The monoisotopic (exact) mass is 291 g/mol. The number of benzene rings is 2. The van der Waals surface area contributed by atoms with E-state index in [-0.39, 0.29) is 17.9 Å². The molecule has 0 aromatic heterocycles. The zero-order chi connectivity index (χ0) is 14.5. The van der Waals surface area contributed by atoms with Crippen molar-refractivity contribution in [2.75, 3.05) is 13.6 Å². The van der Waals surface area contributed by atoms with Crippen LogP contribution in [0.4, 0.5) is 4.39 Å². The molecule has 0 amide bonds. The highest BCUT2D eigenvalue weighted by atomic mass is 35.5. The minimum absolute atomic E-state index is 0.130. The molecule has 2 nitrogen and oxygen atoms in total. The summed E-state index contributed by atoms with van der Waals surface area (Å²) in [6.07, 6.45) is 0. The van der Waals surface area contributed by atoms with Crippen molar-refractivity contribution < 1.29 is 9.18 Å². The standard InChI is InChI=1S/C16H15ClFNO/c1-19(10-12-5-4-6-13(17)9-12)11-16(20)14-7-2-3-8-15(14)18/h2-9H,10-11H2,1H3. The molecule has 2 aromatic rings. The molecule has 20 heavy (non-hydrogen) atoms. The highest BCUT2D eigenvalue weighted by Gasteiger charge is 2.13. The molecule has 0 saturated carbocycles. The van der Waals surface area contributed by atoms with Crippen molar-refractivity contribution in [3.8, 4) is 0 Å². The van der Waals surface area contributed by atoms with Gasteiger partial charge in [0.25, 0.3) is 0 Å². The third-order valence-corrected chi connectivity index (χ3v) is 3.16. The van der Waals surface area contributed by atoms with Crippen LogP contribution in [-0.2, 0) is 6.54 Å². The number of hydrogen-bond donors (Lipinski definition) is 0. The van der Waals surface area contributed by atoms with Crippen LogP contribution in [0.2, 0.25) is 5.02 Å². The van der Waals surface area contributed by atoms with E-state index in [1.807, 2.05) is 30.1 Å². The summed E-state index contributed by atoms with van der Waals surface area (Å²) in [5.41, 5.74) is 1.15. The van der Waals surface area contributed by atoms with Crippen LogP contribution in [0, 0.1) is 5.82 Å². The van der Waals surface area contributed by atoms with Crippen molar-refractivity contribution in [2.24, 2.45) is 0 Å². The van der Waals surface area contributed by atoms with E-state index in [1.54, 1.807) is 18.2 Å². The van der Waals surface area contributed by atoms with Crippen molar-refractivity contribution in [1.82, 2.24) is 4.90 Å². The van der Waals surface area contributed by atoms with E-state index in [2.05, 4.69) is 0 Å². The molecule has 104 valence electrons. The molecule has 2 aromatic carbocycles. The van der Waals surface area contributed by atoms with Gasteiger partial charge in [-0.2, -0.15) is 0 Å². The van der Waals surface area contributed by atoms with Crippen LogP contribution in [0.25, 0.3) is 0 Å². The Bertz CT molecular complexity index is 615. The molecule has 0 fully saturated rings. The lowest BCUT2D eigenvalue weighted by Crippen LogP contribution is -2.26. The summed E-state index contributed by atoms with van der Waals surface area (Å²) >= 11 is 5.92. The molecule has 4 heteroatoms. The van der Waals surface area contributed by atoms with E-state index in [9.17, 15) is 9.18 Å². The van der Waals surface area contributed by atoms with Gasteiger partial charge in [0.15, 0.2) is 5.78 Å². The Hall–Kier alpha value is -1.71. The van der Waals surface area contributed by atoms with Gasteiger partial charge in [-0.1, -0.05) is 35.9 Å². The minimum Gasteiger partial charge on any atom is -0.295 e. The second-order valence-electron chi connectivity index (χ2n) is 4.71. The van der Waals surface area contributed by atoms with Crippen LogP contribution in [0.1, 0.15) is 15.9 Å². The fraction of sp³-hybridized carbons (Fsp3) is 0.188. The number of rotatable bonds is 5. The summed E-state index contributed by atoms with van der Waals surface area (Å²) < 4.78 is 13.5. The van der Waals surface area contributed by atoms with Gasteiger partial charge in [0.05, 0.1) is 12.1 Å². The summed E-state index contributed by atoms with van der Waals surface area (Å²) in [5, 5.41) is 0.663. The topological polar surface area (TPSA) is 20.3 Å². The molecule has 0 aliphatic heterocycles. The number of carbonyl (C=O) groups excluding carboxylic acids is 1. The van der Waals surface area contributed by atoms with E-state index >= 15 is 0 Å². The molecular formula is C16H15ClFNO. The Morgan fingerprint density at radius 3 is 2.65 bits per heavy atom. The third-order valence-electron chi connectivity index (χ3n) is 2.93. The maximum Gasteiger partial charge on any atom is 0.179 e. The zero-order valence-corrected chi connectivity index (χ0v) is 11.9. The number of hydrogen-bond acceptors (Lipinski definition) is 2. The van der Waals surface area contributed by atoms with Crippen molar-refractivity contribution in [1.29, 1.82) is 0 Å². The highest BCUT2D eigenvalue weighted by molar-refractivity contribution is 6.30. The van der Waals surface area contributed by atoms with E-state index in [4.69, 9.17) is 11.6 Å². The van der Waals surface area contributed by atoms with E-state index < -0.39 is 5.82 Å². The largest absolute Gasteiger partial charge is 0.295 e. The molecule has 0 radical (unpaired) electrons. The molecule has 0 aliphatic rings. The lowest BCUT2D eigenvalue weighted by molar-refractivity contribution is 0.0939. The second kappa shape index (κ2) is 6.64. The molecule has 0 atom stereocenters. The Morgan fingerprint density at radius 1 is 1.20 bits per heavy atom. The highest BCUT2D eigenvalue weighted by Crippen LogP contribution is 2.13. The van der Waals surface area contributed by atoms with Crippen LogP contribution in [0.15, 0.2) is 48.5 Å². The Morgan fingerprint density at radius 2 is 1.95 bits per heavy atom. The lowest BCUT2D eigenvalue weighted by Gasteiger charge is -2.16. The molecule has 0 spiro atoms. The Labute approximate surface area is 122 Å². The number of ketones is 1. The minimum atomic E-state index is -0.478. The number of nitrogens with zero attached hydrogens (tertiary/aromatic N) is 1. The molecule has 2 rings (SSSR count). The molecule has 0 bridgehead atoms. The van der Waals surface area contributed by atoms with Gasteiger partial charge in [0.1, 0.15) is 5.82 Å². The first-order chi connectivity index (χ1) is 9.56. The first-order valence-electron chi connectivity index (χ1n) is 6.27. The fourth-order valence-electron chi connectivity index (χ4n) is 2.02. The molecular weight excluding hydrogens is 277 g/mol. The predicted octanol–water partition coefficient (Wildman–Crippen LogP) is 3.79.